The van der Waals surface area contributed by atoms with Gasteiger partial charge in [0.15, 0.2) is 5.82 Å². The molecule has 0 bridgehead atoms. The van der Waals surface area contributed by atoms with Crippen LogP contribution in [0.4, 0.5) is 10.2 Å². The van der Waals surface area contributed by atoms with Crippen LogP contribution < -0.4 is 5.73 Å². The van der Waals surface area contributed by atoms with E-state index in [0.717, 1.165) is 0 Å². The minimum atomic E-state index is -0.337. The molecule has 1 heterocycles. The van der Waals surface area contributed by atoms with E-state index in [1.54, 1.807) is 30.3 Å². The van der Waals surface area contributed by atoms with Gasteiger partial charge in [-0.3, -0.25) is 0 Å². The van der Waals surface area contributed by atoms with E-state index in [1.165, 1.54) is 12.1 Å². The van der Waals surface area contributed by atoms with E-state index >= 15 is 0 Å². The lowest BCUT2D eigenvalue weighted by Crippen LogP contribution is -1.98. The first-order valence-electron chi connectivity index (χ1n) is 5.62. The highest BCUT2D eigenvalue weighted by molar-refractivity contribution is 6.31. The van der Waals surface area contributed by atoms with E-state index in [4.69, 9.17) is 17.3 Å². The topological polar surface area (TPSA) is 51.8 Å². The maximum atomic E-state index is 13.2. The number of rotatable bonds is 1. The zero-order chi connectivity index (χ0) is 13.4. The maximum Gasteiger partial charge on any atom is 0.162 e. The second kappa shape index (κ2) is 4.48. The average molecular weight is 274 g/mol. The van der Waals surface area contributed by atoms with Crippen LogP contribution in [0.25, 0.3) is 22.3 Å². The molecule has 0 aliphatic heterocycles. The third-order valence-electron chi connectivity index (χ3n) is 2.77. The van der Waals surface area contributed by atoms with Crippen LogP contribution >= 0.6 is 11.6 Å². The molecule has 0 fully saturated rings. The van der Waals surface area contributed by atoms with Crippen molar-refractivity contribution < 1.29 is 4.39 Å². The van der Waals surface area contributed by atoms with Gasteiger partial charge in [0, 0.05) is 16.0 Å². The van der Waals surface area contributed by atoms with Crippen LogP contribution in [0.1, 0.15) is 0 Å². The van der Waals surface area contributed by atoms with Crippen LogP contribution in [0.5, 0.6) is 0 Å². The highest BCUT2D eigenvalue weighted by atomic mass is 35.5. The lowest BCUT2D eigenvalue weighted by Gasteiger charge is -2.06. The van der Waals surface area contributed by atoms with Gasteiger partial charge in [-0.05, 0) is 30.3 Å². The van der Waals surface area contributed by atoms with E-state index < -0.39 is 0 Å². The zero-order valence-corrected chi connectivity index (χ0v) is 10.5. The molecule has 0 radical (unpaired) electrons. The molecule has 1 aromatic heterocycles. The molecule has 3 aromatic rings. The third kappa shape index (κ3) is 2.22. The number of aromatic nitrogens is 2. The molecule has 94 valence electrons. The molecule has 0 aliphatic rings. The molecule has 5 heteroatoms. The first kappa shape index (κ1) is 11.9. The number of hydrogen-bond acceptors (Lipinski definition) is 3. The van der Waals surface area contributed by atoms with Crippen molar-refractivity contribution in [3.63, 3.8) is 0 Å². The summed E-state index contributed by atoms with van der Waals surface area (Å²) in [5.74, 6) is 0.384. The lowest BCUT2D eigenvalue weighted by molar-refractivity contribution is 0.628. The van der Waals surface area contributed by atoms with Crippen molar-refractivity contribution in [1.82, 2.24) is 9.97 Å². The fraction of sp³-hybridized carbons (Fsp3) is 0. The van der Waals surface area contributed by atoms with Crippen molar-refractivity contribution in [2.45, 2.75) is 0 Å². The molecule has 0 atom stereocenters. The molecule has 0 saturated heterocycles. The van der Waals surface area contributed by atoms with Crippen LogP contribution in [-0.2, 0) is 0 Å². The number of anilines is 1. The lowest BCUT2D eigenvalue weighted by atomic mass is 10.2. The van der Waals surface area contributed by atoms with Gasteiger partial charge in [-0.15, -0.1) is 0 Å². The number of benzene rings is 2. The number of hydrogen-bond donors (Lipinski definition) is 1. The van der Waals surface area contributed by atoms with E-state index in [1.807, 2.05) is 0 Å². The van der Waals surface area contributed by atoms with Gasteiger partial charge >= 0.3 is 0 Å². The van der Waals surface area contributed by atoms with Crippen molar-refractivity contribution in [2.75, 3.05) is 5.73 Å². The Morgan fingerprint density at radius 1 is 1.05 bits per heavy atom. The van der Waals surface area contributed by atoms with Crippen LogP contribution in [0.2, 0.25) is 5.02 Å². The number of nitrogens with zero attached hydrogens (tertiary/aromatic N) is 2. The second-order valence-electron chi connectivity index (χ2n) is 4.10. The molecule has 0 saturated carbocycles. The van der Waals surface area contributed by atoms with E-state index in [0.29, 0.717) is 33.1 Å². The molecular formula is C14H9ClFN3. The minimum absolute atomic E-state index is 0.326. The Bertz CT molecular complexity index is 774. The summed E-state index contributed by atoms with van der Waals surface area (Å²) in [5, 5.41) is 1.26. The van der Waals surface area contributed by atoms with Crippen LogP contribution in [-0.4, -0.2) is 9.97 Å². The van der Waals surface area contributed by atoms with Crippen molar-refractivity contribution >= 4 is 28.3 Å². The predicted octanol–water partition coefficient (Wildman–Crippen LogP) is 3.67. The SMILES string of the molecule is Nc1nc(-c2cccc(F)c2)nc2ccc(Cl)cc12. The standard InChI is InChI=1S/C14H9ClFN3/c15-9-4-5-12-11(7-9)13(17)19-14(18-12)8-2-1-3-10(16)6-8/h1-7H,(H2,17,18,19). The van der Waals surface area contributed by atoms with E-state index in [9.17, 15) is 4.39 Å². The Morgan fingerprint density at radius 3 is 2.68 bits per heavy atom. The summed E-state index contributed by atoms with van der Waals surface area (Å²) < 4.78 is 13.2. The van der Waals surface area contributed by atoms with Crippen molar-refractivity contribution in [3.8, 4) is 11.4 Å². The highest BCUT2D eigenvalue weighted by Gasteiger charge is 2.08. The molecule has 3 rings (SSSR count). The minimum Gasteiger partial charge on any atom is -0.383 e. The van der Waals surface area contributed by atoms with Crippen molar-refractivity contribution in [2.24, 2.45) is 0 Å². The fourth-order valence-corrected chi connectivity index (χ4v) is 2.05. The van der Waals surface area contributed by atoms with Gasteiger partial charge in [-0.1, -0.05) is 23.7 Å². The van der Waals surface area contributed by atoms with Gasteiger partial charge in [0.05, 0.1) is 5.52 Å². The number of fused-ring (bicyclic) bond motifs is 1. The monoisotopic (exact) mass is 273 g/mol. The maximum absolute atomic E-state index is 13.2. The summed E-state index contributed by atoms with van der Waals surface area (Å²) in [4.78, 5) is 8.57. The van der Waals surface area contributed by atoms with Gasteiger partial charge in [0.1, 0.15) is 11.6 Å². The Balaban J connectivity index is 2.24. The first-order chi connectivity index (χ1) is 9.13. The molecular weight excluding hydrogens is 265 g/mol. The van der Waals surface area contributed by atoms with Crippen molar-refractivity contribution in [1.29, 1.82) is 0 Å². The first-order valence-corrected chi connectivity index (χ1v) is 6.00. The normalized spacial score (nSPS) is 10.8. The zero-order valence-electron chi connectivity index (χ0n) is 9.77. The molecule has 0 spiro atoms. The molecule has 2 N–H and O–H groups in total. The largest absolute Gasteiger partial charge is 0.383 e. The van der Waals surface area contributed by atoms with Gasteiger partial charge in [0.25, 0.3) is 0 Å². The Kier molecular flexibility index (Phi) is 2.80. The molecule has 2 aromatic carbocycles. The summed E-state index contributed by atoms with van der Waals surface area (Å²) >= 11 is 5.91. The molecule has 19 heavy (non-hydrogen) atoms. The summed E-state index contributed by atoms with van der Waals surface area (Å²) in [6.07, 6.45) is 0. The Labute approximate surface area is 113 Å². The third-order valence-corrected chi connectivity index (χ3v) is 3.01. The summed E-state index contributed by atoms with van der Waals surface area (Å²) in [6, 6.07) is 11.3. The van der Waals surface area contributed by atoms with Crippen LogP contribution in [0.3, 0.4) is 0 Å². The molecule has 0 amide bonds. The summed E-state index contributed by atoms with van der Waals surface area (Å²) in [7, 11) is 0. The van der Waals surface area contributed by atoms with Crippen LogP contribution in [0, 0.1) is 5.82 Å². The second-order valence-corrected chi connectivity index (χ2v) is 4.54. The average Bonchev–Trinajstić information content (AvgIpc) is 2.39. The molecule has 0 unspecified atom stereocenters. The highest BCUT2D eigenvalue weighted by Crippen LogP contribution is 2.25. The Morgan fingerprint density at radius 2 is 1.89 bits per heavy atom. The summed E-state index contributed by atoms with van der Waals surface area (Å²) in [5.41, 5.74) is 7.16. The summed E-state index contributed by atoms with van der Waals surface area (Å²) in [6.45, 7) is 0. The van der Waals surface area contributed by atoms with E-state index in [2.05, 4.69) is 9.97 Å². The Hall–Kier alpha value is -2.20. The van der Waals surface area contributed by atoms with Crippen LogP contribution in [0.15, 0.2) is 42.5 Å². The quantitative estimate of drug-likeness (QED) is 0.736. The van der Waals surface area contributed by atoms with Gasteiger partial charge < -0.3 is 5.73 Å². The fourth-order valence-electron chi connectivity index (χ4n) is 1.88. The molecule has 0 aliphatic carbocycles. The van der Waals surface area contributed by atoms with Gasteiger partial charge in [-0.25, -0.2) is 14.4 Å². The van der Waals surface area contributed by atoms with E-state index in [-0.39, 0.29) is 5.82 Å². The number of nitrogens with two attached hydrogens (primary N) is 1. The smallest absolute Gasteiger partial charge is 0.162 e. The van der Waals surface area contributed by atoms with Gasteiger partial charge in [-0.2, -0.15) is 0 Å². The number of nitrogen functional groups attached to an aromatic ring is 1. The predicted molar refractivity (Wildman–Crippen MR) is 74.4 cm³/mol. The molecule has 3 nitrogen and oxygen atoms in total. The number of halogens is 2. The van der Waals surface area contributed by atoms with Crippen molar-refractivity contribution in [3.05, 3.63) is 53.3 Å². The van der Waals surface area contributed by atoms with Gasteiger partial charge in [0.2, 0.25) is 0 Å².